The third-order valence-corrected chi connectivity index (χ3v) is 3.39. The Hall–Kier alpha value is -0.770. The van der Waals surface area contributed by atoms with Crippen LogP contribution < -0.4 is 5.32 Å². The summed E-state index contributed by atoms with van der Waals surface area (Å²) in [5, 5.41) is 20.7. The number of aliphatic hydroxyl groups is 1. The first-order valence-corrected chi connectivity index (χ1v) is 5.58. The fourth-order valence-electron chi connectivity index (χ4n) is 2.30. The highest BCUT2D eigenvalue weighted by atomic mass is 16.4. The van der Waals surface area contributed by atoms with Crippen molar-refractivity contribution in [3.8, 4) is 0 Å². The highest BCUT2D eigenvalue weighted by molar-refractivity contribution is 5.64. The van der Waals surface area contributed by atoms with Crippen LogP contribution in [0, 0.1) is 11.8 Å². The summed E-state index contributed by atoms with van der Waals surface area (Å²) in [6, 6.07) is 0. The van der Waals surface area contributed by atoms with Gasteiger partial charge in [-0.05, 0) is 51.4 Å². The number of carbonyl (C=O) groups is 1. The van der Waals surface area contributed by atoms with Crippen molar-refractivity contribution in [2.24, 2.45) is 11.8 Å². The summed E-state index contributed by atoms with van der Waals surface area (Å²) in [4.78, 5) is 10.3. The molecule has 1 amide bonds. The predicted octanol–water partition coefficient (Wildman–Crippen LogP) is 1.83. The maximum Gasteiger partial charge on any atom is 0.404 e. The molecule has 0 bridgehead atoms. The van der Waals surface area contributed by atoms with E-state index in [2.05, 4.69) is 5.32 Å². The highest BCUT2D eigenvalue weighted by Gasteiger charge is 2.31. The lowest BCUT2D eigenvalue weighted by molar-refractivity contribution is -0.00572. The second-order valence-electron chi connectivity index (χ2n) is 5.06. The van der Waals surface area contributed by atoms with Gasteiger partial charge in [0.2, 0.25) is 0 Å². The molecule has 15 heavy (non-hydrogen) atoms. The molecule has 0 spiro atoms. The second kappa shape index (κ2) is 4.84. The minimum absolute atomic E-state index is 0.360. The predicted molar refractivity (Wildman–Crippen MR) is 57.8 cm³/mol. The highest BCUT2D eigenvalue weighted by Crippen LogP contribution is 2.34. The Bertz CT molecular complexity index is 214. The summed E-state index contributed by atoms with van der Waals surface area (Å²) in [5.41, 5.74) is -0.592. The average molecular weight is 215 g/mol. The van der Waals surface area contributed by atoms with E-state index < -0.39 is 11.7 Å². The van der Waals surface area contributed by atoms with Crippen molar-refractivity contribution in [2.45, 2.75) is 45.1 Å². The molecule has 0 aromatic rings. The molecular formula is C11H21NO3. The molecule has 0 heterocycles. The number of nitrogens with one attached hydrogen (secondary N) is 1. The lowest BCUT2D eigenvalue weighted by Crippen LogP contribution is -2.36. The van der Waals surface area contributed by atoms with Crippen LogP contribution in [0.1, 0.15) is 39.5 Å². The molecule has 1 rings (SSSR count). The third kappa shape index (κ3) is 4.08. The van der Waals surface area contributed by atoms with Gasteiger partial charge in [-0.25, -0.2) is 4.79 Å². The molecule has 0 aromatic heterocycles. The maximum absolute atomic E-state index is 10.3. The largest absolute Gasteiger partial charge is 0.465 e. The van der Waals surface area contributed by atoms with Crippen molar-refractivity contribution in [3.05, 3.63) is 0 Å². The third-order valence-electron chi connectivity index (χ3n) is 3.39. The lowest BCUT2D eigenvalue weighted by atomic mass is 9.75. The molecule has 1 saturated carbocycles. The van der Waals surface area contributed by atoms with Gasteiger partial charge < -0.3 is 15.5 Å². The first-order valence-electron chi connectivity index (χ1n) is 5.58. The summed E-state index contributed by atoms with van der Waals surface area (Å²) in [6.07, 6.45) is 3.06. The van der Waals surface area contributed by atoms with E-state index in [1.807, 2.05) is 13.8 Å². The van der Waals surface area contributed by atoms with Gasteiger partial charge in [0.05, 0.1) is 5.60 Å². The summed E-state index contributed by atoms with van der Waals surface area (Å²) in [7, 11) is 0. The standard InChI is InChI=1S/C11H21NO3/c1-11(2,15)9-5-3-8(4-6-9)7-12-10(13)14/h8-9,12,15H,3-7H2,1-2H3,(H,13,14). The number of hydrogen-bond acceptors (Lipinski definition) is 2. The van der Waals surface area contributed by atoms with Gasteiger partial charge in [0, 0.05) is 6.54 Å². The van der Waals surface area contributed by atoms with Crippen LogP contribution in [0.5, 0.6) is 0 Å². The van der Waals surface area contributed by atoms with Crippen molar-refractivity contribution in [2.75, 3.05) is 6.54 Å². The van der Waals surface area contributed by atoms with E-state index in [4.69, 9.17) is 5.11 Å². The zero-order valence-electron chi connectivity index (χ0n) is 9.49. The van der Waals surface area contributed by atoms with Crippen LogP contribution in [0.15, 0.2) is 0 Å². The topological polar surface area (TPSA) is 69.6 Å². The van der Waals surface area contributed by atoms with Crippen LogP contribution >= 0.6 is 0 Å². The summed E-state index contributed by atoms with van der Waals surface area (Å²) in [6.45, 7) is 4.26. The van der Waals surface area contributed by atoms with Gasteiger partial charge in [0.25, 0.3) is 0 Å². The van der Waals surface area contributed by atoms with Crippen LogP contribution in [0.2, 0.25) is 0 Å². The number of amides is 1. The minimum atomic E-state index is -0.945. The van der Waals surface area contributed by atoms with E-state index in [9.17, 15) is 9.90 Å². The smallest absolute Gasteiger partial charge is 0.404 e. The Morgan fingerprint density at radius 1 is 1.33 bits per heavy atom. The molecule has 4 heteroatoms. The van der Waals surface area contributed by atoms with Crippen molar-refractivity contribution in [3.63, 3.8) is 0 Å². The lowest BCUT2D eigenvalue weighted by Gasteiger charge is -2.35. The van der Waals surface area contributed by atoms with Crippen molar-refractivity contribution in [1.82, 2.24) is 5.32 Å². The molecule has 0 saturated heterocycles. The zero-order chi connectivity index (χ0) is 11.5. The summed E-state index contributed by atoms with van der Waals surface area (Å²) < 4.78 is 0. The van der Waals surface area contributed by atoms with Gasteiger partial charge in [-0.15, -0.1) is 0 Å². The van der Waals surface area contributed by atoms with Crippen LogP contribution in [0.3, 0.4) is 0 Å². The maximum atomic E-state index is 10.3. The van der Waals surface area contributed by atoms with E-state index in [0.29, 0.717) is 18.4 Å². The molecule has 88 valence electrons. The Balaban J connectivity index is 2.27. The van der Waals surface area contributed by atoms with E-state index in [1.54, 1.807) is 0 Å². The van der Waals surface area contributed by atoms with E-state index >= 15 is 0 Å². The fourth-order valence-corrected chi connectivity index (χ4v) is 2.30. The fraction of sp³-hybridized carbons (Fsp3) is 0.909. The van der Waals surface area contributed by atoms with Crippen molar-refractivity contribution in [1.29, 1.82) is 0 Å². The molecular weight excluding hydrogens is 194 g/mol. The molecule has 1 aliphatic carbocycles. The van der Waals surface area contributed by atoms with Crippen LogP contribution in [0.4, 0.5) is 4.79 Å². The Kier molecular flexibility index (Phi) is 3.97. The molecule has 3 N–H and O–H groups in total. The Morgan fingerprint density at radius 2 is 1.87 bits per heavy atom. The molecule has 1 aliphatic rings. The molecule has 0 aliphatic heterocycles. The normalized spacial score (nSPS) is 27.4. The SMILES string of the molecule is CC(C)(O)C1CCC(CNC(=O)O)CC1. The van der Waals surface area contributed by atoms with Gasteiger partial charge >= 0.3 is 6.09 Å². The first-order chi connectivity index (χ1) is 6.89. The zero-order valence-corrected chi connectivity index (χ0v) is 9.49. The van der Waals surface area contributed by atoms with Crippen LogP contribution in [0.25, 0.3) is 0 Å². The molecule has 0 unspecified atom stereocenters. The van der Waals surface area contributed by atoms with Gasteiger partial charge in [-0.1, -0.05) is 0 Å². The van der Waals surface area contributed by atoms with Crippen LogP contribution in [-0.4, -0.2) is 28.5 Å². The van der Waals surface area contributed by atoms with Gasteiger partial charge in [0.15, 0.2) is 0 Å². The minimum Gasteiger partial charge on any atom is -0.465 e. The number of hydrogen-bond donors (Lipinski definition) is 3. The Morgan fingerprint density at radius 3 is 2.27 bits per heavy atom. The number of carboxylic acid groups (broad SMARTS) is 1. The van der Waals surface area contributed by atoms with Crippen LogP contribution in [-0.2, 0) is 0 Å². The van der Waals surface area contributed by atoms with Crippen molar-refractivity contribution >= 4 is 6.09 Å². The summed E-state index contributed by atoms with van der Waals surface area (Å²) >= 11 is 0. The van der Waals surface area contributed by atoms with E-state index in [-0.39, 0.29) is 0 Å². The van der Waals surface area contributed by atoms with Gasteiger partial charge in [-0.2, -0.15) is 0 Å². The molecule has 0 radical (unpaired) electrons. The van der Waals surface area contributed by atoms with E-state index in [0.717, 1.165) is 25.7 Å². The monoisotopic (exact) mass is 215 g/mol. The molecule has 0 atom stereocenters. The van der Waals surface area contributed by atoms with Gasteiger partial charge in [0.1, 0.15) is 0 Å². The molecule has 4 nitrogen and oxygen atoms in total. The van der Waals surface area contributed by atoms with E-state index in [1.165, 1.54) is 0 Å². The van der Waals surface area contributed by atoms with Crippen molar-refractivity contribution < 1.29 is 15.0 Å². The first kappa shape index (κ1) is 12.3. The molecule has 1 fully saturated rings. The Labute approximate surface area is 90.7 Å². The summed E-state index contributed by atoms with van der Waals surface area (Å²) in [5.74, 6) is 0.804. The number of rotatable bonds is 3. The average Bonchev–Trinajstić information content (AvgIpc) is 2.14. The molecule has 0 aromatic carbocycles. The second-order valence-corrected chi connectivity index (χ2v) is 5.06. The van der Waals surface area contributed by atoms with Gasteiger partial charge in [-0.3, -0.25) is 0 Å². The quantitative estimate of drug-likeness (QED) is 0.672.